The molecule has 2 unspecified atom stereocenters. The Labute approximate surface area is 122 Å². The molecule has 0 radical (unpaired) electrons. The van der Waals surface area contributed by atoms with Crippen molar-refractivity contribution in [2.75, 3.05) is 0 Å². The average molecular weight is 270 g/mol. The summed E-state index contributed by atoms with van der Waals surface area (Å²) in [5.74, 6) is 0.534. The van der Waals surface area contributed by atoms with Gasteiger partial charge < -0.3 is 9.31 Å². The van der Waals surface area contributed by atoms with E-state index in [4.69, 9.17) is 9.31 Å². The van der Waals surface area contributed by atoms with Gasteiger partial charge in [-0.05, 0) is 63.5 Å². The average Bonchev–Trinajstić information content (AvgIpc) is 2.91. The van der Waals surface area contributed by atoms with E-state index in [0.29, 0.717) is 11.2 Å². The van der Waals surface area contributed by atoms with Crippen LogP contribution in [-0.4, -0.2) is 18.3 Å². The van der Waals surface area contributed by atoms with Crippen molar-refractivity contribution in [1.82, 2.24) is 0 Å². The Morgan fingerprint density at radius 3 is 2.40 bits per heavy atom. The summed E-state index contributed by atoms with van der Waals surface area (Å²) in [5.41, 5.74) is 3.02. The molecule has 1 heterocycles. The Kier molecular flexibility index (Phi) is 2.38. The van der Waals surface area contributed by atoms with Gasteiger partial charge >= 0.3 is 7.12 Å². The number of benzene rings is 1. The predicted molar refractivity (Wildman–Crippen MR) is 80.9 cm³/mol. The maximum atomic E-state index is 6.27. The second kappa shape index (κ2) is 3.69. The third kappa shape index (κ3) is 1.54. The number of fused-ring (bicyclic) bond motifs is 2. The van der Waals surface area contributed by atoms with E-state index in [1.807, 2.05) is 0 Å². The monoisotopic (exact) mass is 270 g/mol. The van der Waals surface area contributed by atoms with Gasteiger partial charge in [-0.1, -0.05) is 24.3 Å². The highest BCUT2D eigenvalue weighted by atomic mass is 16.7. The minimum Gasteiger partial charge on any atom is -0.403 e. The molecule has 0 N–H and O–H groups in total. The predicted octanol–water partition coefficient (Wildman–Crippen LogP) is 3.74. The third-order valence-electron chi connectivity index (χ3n) is 6.13. The molecule has 0 amide bonds. The Morgan fingerprint density at radius 1 is 1.05 bits per heavy atom. The van der Waals surface area contributed by atoms with E-state index in [1.165, 1.54) is 24.8 Å². The summed E-state index contributed by atoms with van der Waals surface area (Å²) in [5, 5.41) is 0. The fourth-order valence-corrected chi connectivity index (χ4v) is 4.06. The first-order valence-electron chi connectivity index (χ1n) is 7.80. The highest BCUT2D eigenvalue weighted by Gasteiger charge is 2.68. The molecule has 1 saturated carbocycles. The van der Waals surface area contributed by atoms with Gasteiger partial charge in [-0.2, -0.15) is 0 Å². The van der Waals surface area contributed by atoms with E-state index in [2.05, 4.69) is 52.0 Å². The minimum absolute atomic E-state index is 0.0360. The highest BCUT2D eigenvalue weighted by Crippen LogP contribution is 2.68. The normalized spacial score (nSPS) is 36.4. The maximum Gasteiger partial charge on any atom is 0.462 e. The SMILES string of the molecule is CC1(C)OB(C2CC23CCc2ccccc23)OC1(C)C. The van der Waals surface area contributed by atoms with Crippen molar-refractivity contribution in [3.63, 3.8) is 0 Å². The van der Waals surface area contributed by atoms with Crippen molar-refractivity contribution in [3.05, 3.63) is 35.4 Å². The first kappa shape index (κ1) is 12.9. The third-order valence-corrected chi connectivity index (χ3v) is 6.13. The Morgan fingerprint density at radius 2 is 1.70 bits per heavy atom. The van der Waals surface area contributed by atoms with Crippen LogP contribution in [0.2, 0.25) is 5.82 Å². The summed E-state index contributed by atoms with van der Waals surface area (Å²) in [6.07, 6.45) is 3.70. The topological polar surface area (TPSA) is 18.5 Å². The largest absolute Gasteiger partial charge is 0.462 e. The van der Waals surface area contributed by atoms with Gasteiger partial charge in [0.25, 0.3) is 0 Å². The first-order valence-corrected chi connectivity index (χ1v) is 7.80. The van der Waals surface area contributed by atoms with Crippen LogP contribution >= 0.6 is 0 Å². The van der Waals surface area contributed by atoms with E-state index < -0.39 is 0 Å². The fourth-order valence-electron chi connectivity index (χ4n) is 4.06. The summed E-state index contributed by atoms with van der Waals surface area (Å²) in [6.45, 7) is 8.57. The Balaban J connectivity index is 1.61. The molecule has 3 aliphatic rings. The Bertz CT molecular complexity index is 550. The maximum absolute atomic E-state index is 6.27. The van der Waals surface area contributed by atoms with Crippen molar-refractivity contribution in [1.29, 1.82) is 0 Å². The molecule has 2 nitrogen and oxygen atoms in total. The van der Waals surface area contributed by atoms with Gasteiger partial charge in [-0.3, -0.25) is 0 Å². The second-order valence-corrected chi connectivity index (χ2v) is 7.75. The minimum atomic E-state index is -0.209. The molecule has 0 bridgehead atoms. The lowest BCUT2D eigenvalue weighted by atomic mass is 9.75. The van der Waals surface area contributed by atoms with E-state index in [-0.39, 0.29) is 18.3 Å². The number of rotatable bonds is 1. The Hall–Kier alpha value is -0.795. The number of hydrogen-bond donors (Lipinski definition) is 0. The van der Waals surface area contributed by atoms with E-state index in [1.54, 1.807) is 5.56 Å². The van der Waals surface area contributed by atoms with Crippen molar-refractivity contribution in [3.8, 4) is 0 Å². The quantitative estimate of drug-likeness (QED) is 0.724. The lowest BCUT2D eigenvalue weighted by Crippen LogP contribution is -2.41. The molecule has 2 atom stereocenters. The molecule has 1 spiro atoms. The molecular formula is C17H23BO2. The van der Waals surface area contributed by atoms with Gasteiger partial charge in [0, 0.05) is 5.82 Å². The van der Waals surface area contributed by atoms with Gasteiger partial charge in [0.2, 0.25) is 0 Å². The van der Waals surface area contributed by atoms with Crippen LogP contribution in [0.3, 0.4) is 0 Å². The van der Waals surface area contributed by atoms with Crippen LogP contribution in [-0.2, 0) is 21.1 Å². The van der Waals surface area contributed by atoms with Gasteiger partial charge in [-0.15, -0.1) is 0 Å². The number of aryl methyl sites for hydroxylation is 1. The van der Waals surface area contributed by atoms with Crippen LogP contribution < -0.4 is 0 Å². The van der Waals surface area contributed by atoms with E-state index in [0.717, 1.165) is 0 Å². The molecule has 106 valence electrons. The summed E-state index contributed by atoms with van der Waals surface area (Å²) in [7, 11) is -0.0360. The van der Waals surface area contributed by atoms with Gasteiger partial charge in [0.05, 0.1) is 11.2 Å². The smallest absolute Gasteiger partial charge is 0.403 e. The van der Waals surface area contributed by atoms with Crippen LogP contribution in [0.15, 0.2) is 24.3 Å². The van der Waals surface area contributed by atoms with Crippen LogP contribution in [0.4, 0.5) is 0 Å². The molecule has 0 aromatic heterocycles. The molecule has 2 aliphatic carbocycles. The fraction of sp³-hybridized carbons (Fsp3) is 0.647. The standard InChI is InChI=1S/C17H23BO2/c1-15(2)16(3,4)20-18(19-15)14-11-17(14)10-9-12-7-5-6-8-13(12)17/h5-8,14H,9-11H2,1-4H3. The zero-order valence-electron chi connectivity index (χ0n) is 12.9. The van der Waals surface area contributed by atoms with Gasteiger partial charge in [-0.25, -0.2) is 0 Å². The zero-order valence-corrected chi connectivity index (χ0v) is 12.9. The lowest BCUT2D eigenvalue weighted by Gasteiger charge is -2.32. The molecule has 1 aliphatic heterocycles. The molecule has 20 heavy (non-hydrogen) atoms. The summed E-state index contributed by atoms with van der Waals surface area (Å²) in [4.78, 5) is 0. The van der Waals surface area contributed by atoms with Crippen molar-refractivity contribution >= 4 is 7.12 Å². The molecule has 2 fully saturated rings. The van der Waals surface area contributed by atoms with Gasteiger partial charge in [0.15, 0.2) is 0 Å². The highest BCUT2D eigenvalue weighted by molar-refractivity contribution is 6.49. The van der Waals surface area contributed by atoms with Crippen molar-refractivity contribution in [2.24, 2.45) is 0 Å². The van der Waals surface area contributed by atoms with Crippen molar-refractivity contribution in [2.45, 2.75) is 69.4 Å². The molecule has 3 heteroatoms. The summed E-state index contributed by atoms with van der Waals surface area (Å²) >= 11 is 0. The lowest BCUT2D eigenvalue weighted by molar-refractivity contribution is 0.00578. The summed E-state index contributed by atoms with van der Waals surface area (Å²) in [6, 6.07) is 8.92. The van der Waals surface area contributed by atoms with E-state index in [9.17, 15) is 0 Å². The van der Waals surface area contributed by atoms with Crippen LogP contribution in [0, 0.1) is 0 Å². The van der Waals surface area contributed by atoms with Crippen LogP contribution in [0.1, 0.15) is 51.7 Å². The zero-order chi connectivity index (χ0) is 14.2. The summed E-state index contributed by atoms with van der Waals surface area (Å²) < 4.78 is 12.5. The van der Waals surface area contributed by atoms with Gasteiger partial charge in [0.1, 0.15) is 0 Å². The second-order valence-electron chi connectivity index (χ2n) is 7.75. The van der Waals surface area contributed by atoms with Crippen LogP contribution in [0.5, 0.6) is 0 Å². The number of hydrogen-bond acceptors (Lipinski definition) is 2. The van der Waals surface area contributed by atoms with E-state index >= 15 is 0 Å². The molecule has 4 rings (SSSR count). The molecular weight excluding hydrogens is 247 g/mol. The molecule has 1 aromatic rings. The molecule has 1 saturated heterocycles. The van der Waals surface area contributed by atoms with Crippen LogP contribution in [0.25, 0.3) is 0 Å². The molecule has 1 aromatic carbocycles. The first-order chi connectivity index (χ1) is 9.36. The van der Waals surface area contributed by atoms with Crippen molar-refractivity contribution < 1.29 is 9.31 Å².